The molecule has 0 radical (unpaired) electrons. The minimum absolute atomic E-state index is 0.114. The Morgan fingerprint density at radius 1 is 1.00 bits per heavy atom. The summed E-state index contributed by atoms with van der Waals surface area (Å²) < 4.78 is 13.2. The summed E-state index contributed by atoms with van der Waals surface area (Å²) in [5.74, 6) is -0.184. The average molecular weight is 382 g/mol. The number of pyridine rings is 1. The number of nitrogens with zero attached hydrogens (tertiary/aromatic N) is 4. The monoisotopic (exact) mass is 382 g/mol. The molecule has 6 heteroatoms. The van der Waals surface area contributed by atoms with E-state index in [-0.39, 0.29) is 17.5 Å². The molecule has 0 aliphatic carbocycles. The minimum Gasteiger partial charge on any atom is -0.392 e. The highest BCUT2D eigenvalue weighted by Crippen LogP contribution is 2.39. The van der Waals surface area contributed by atoms with Crippen LogP contribution in [0.4, 0.5) is 4.39 Å². The fourth-order valence-electron chi connectivity index (χ4n) is 5.41. The van der Waals surface area contributed by atoms with E-state index >= 15 is 0 Å². The number of aliphatic hydroxyl groups excluding tert-OH is 1. The number of rotatable bonds is 4. The van der Waals surface area contributed by atoms with Gasteiger partial charge in [0.2, 0.25) is 0 Å². The van der Waals surface area contributed by atoms with E-state index in [0.717, 1.165) is 57.8 Å². The van der Waals surface area contributed by atoms with E-state index in [4.69, 9.17) is 0 Å². The Bertz CT molecular complexity index is 809. The van der Waals surface area contributed by atoms with Gasteiger partial charge in [0.1, 0.15) is 5.82 Å². The van der Waals surface area contributed by atoms with E-state index in [0.29, 0.717) is 6.04 Å². The summed E-state index contributed by atoms with van der Waals surface area (Å²) in [5, 5.41) is 10.3. The molecular weight excluding hydrogens is 355 g/mol. The molecule has 3 aliphatic heterocycles. The molecular formula is C22H27FN4O. The molecule has 3 fully saturated rings. The van der Waals surface area contributed by atoms with Crippen molar-refractivity contribution in [2.75, 3.05) is 32.7 Å². The third-order valence-electron chi connectivity index (χ3n) is 6.47. The molecule has 28 heavy (non-hydrogen) atoms. The highest BCUT2D eigenvalue weighted by Gasteiger charge is 2.55. The van der Waals surface area contributed by atoms with Gasteiger partial charge in [-0.3, -0.25) is 19.7 Å². The molecule has 2 unspecified atom stereocenters. The molecule has 0 amide bonds. The summed E-state index contributed by atoms with van der Waals surface area (Å²) in [6.45, 7) is 6.57. The second-order valence-corrected chi connectivity index (χ2v) is 8.72. The first-order valence-corrected chi connectivity index (χ1v) is 10.1. The molecule has 1 spiro atoms. The van der Waals surface area contributed by atoms with Crippen LogP contribution in [0.1, 0.15) is 17.5 Å². The smallest absolute Gasteiger partial charge is 0.123 e. The lowest BCUT2D eigenvalue weighted by Crippen LogP contribution is -2.77. The number of likely N-dealkylation sites (tertiary alicyclic amines) is 1. The topological polar surface area (TPSA) is 42.8 Å². The van der Waals surface area contributed by atoms with E-state index in [1.807, 2.05) is 30.6 Å². The van der Waals surface area contributed by atoms with Crippen LogP contribution < -0.4 is 0 Å². The second kappa shape index (κ2) is 7.19. The quantitative estimate of drug-likeness (QED) is 0.872. The third kappa shape index (κ3) is 3.46. The van der Waals surface area contributed by atoms with Crippen LogP contribution in [0.25, 0.3) is 0 Å². The molecule has 2 atom stereocenters. The number of aliphatic hydroxyl groups is 1. The molecule has 0 bridgehead atoms. The van der Waals surface area contributed by atoms with Crippen LogP contribution in [0.15, 0.2) is 48.8 Å². The van der Waals surface area contributed by atoms with Gasteiger partial charge in [0.15, 0.2) is 0 Å². The largest absolute Gasteiger partial charge is 0.392 e. The van der Waals surface area contributed by atoms with Crippen molar-refractivity contribution in [2.45, 2.75) is 37.2 Å². The van der Waals surface area contributed by atoms with Crippen LogP contribution in [0.5, 0.6) is 0 Å². The van der Waals surface area contributed by atoms with Gasteiger partial charge in [0, 0.05) is 64.2 Å². The third-order valence-corrected chi connectivity index (χ3v) is 6.47. The Morgan fingerprint density at radius 2 is 1.75 bits per heavy atom. The highest BCUT2D eigenvalue weighted by atomic mass is 19.1. The molecule has 148 valence electrons. The first-order valence-electron chi connectivity index (χ1n) is 10.1. The zero-order valence-electron chi connectivity index (χ0n) is 16.0. The SMILES string of the molecule is OC1CC2CN(Cc3cccnc3)CC3(CN(Cc4ccc(F)cc4)C3)N2C1. The van der Waals surface area contributed by atoms with E-state index in [2.05, 4.69) is 25.8 Å². The van der Waals surface area contributed by atoms with Crippen molar-refractivity contribution in [3.63, 3.8) is 0 Å². The maximum absolute atomic E-state index is 13.2. The maximum atomic E-state index is 13.2. The first-order chi connectivity index (χ1) is 13.6. The summed E-state index contributed by atoms with van der Waals surface area (Å²) in [6.07, 6.45) is 4.41. The van der Waals surface area contributed by atoms with Gasteiger partial charge in [-0.2, -0.15) is 0 Å². The van der Waals surface area contributed by atoms with Gasteiger partial charge in [-0.15, -0.1) is 0 Å². The Kier molecular flexibility index (Phi) is 4.67. The lowest BCUT2D eigenvalue weighted by atomic mass is 9.83. The molecule has 2 aromatic rings. The molecule has 3 saturated heterocycles. The van der Waals surface area contributed by atoms with Crippen molar-refractivity contribution in [2.24, 2.45) is 0 Å². The van der Waals surface area contributed by atoms with Gasteiger partial charge in [0.25, 0.3) is 0 Å². The van der Waals surface area contributed by atoms with Crippen molar-refractivity contribution < 1.29 is 9.50 Å². The van der Waals surface area contributed by atoms with Crippen LogP contribution in [0.3, 0.4) is 0 Å². The summed E-state index contributed by atoms with van der Waals surface area (Å²) in [5.41, 5.74) is 2.51. The average Bonchev–Trinajstić information content (AvgIpc) is 3.04. The van der Waals surface area contributed by atoms with Crippen LogP contribution in [0.2, 0.25) is 0 Å². The normalized spacial score (nSPS) is 27.6. The standard InChI is InChI=1S/C22H27FN4O/c23-19-5-3-17(4-6-19)10-26-15-22(16-26)14-25(11-18-2-1-7-24-9-18)12-20-8-21(28)13-27(20)22/h1-7,9,20-21,28H,8,10-16H2. The van der Waals surface area contributed by atoms with Gasteiger partial charge in [-0.05, 0) is 35.7 Å². The van der Waals surface area contributed by atoms with Crippen LogP contribution in [-0.4, -0.2) is 75.2 Å². The molecule has 4 heterocycles. The van der Waals surface area contributed by atoms with E-state index in [9.17, 15) is 9.50 Å². The summed E-state index contributed by atoms with van der Waals surface area (Å²) >= 11 is 0. The number of fused-ring (bicyclic) bond motifs is 2. The number of aromatic nitrogens is 1. The Morgan fingerprint density at radius 3 is 2.50 bits per heavy atom. The molecule has 3 aliphatic rings. The Balaban J connectivity index is 1.29. The van der Waals surface area contributed by atoms with Crippen LogP contribution >= 0.6 is 0 Å². The van der Waals surface area contributed by atoms with Crippen LogP contribution in [-0.2, 0) is 13.1 Å². The minimum atomic E-state index is -0.216. The first kappa shape index (κ1) is 18.2. The second-order valence-electron chi connectivity index (χ2n) is 8.72. The van der Waals surface area contributed by atoms with Gasteiger partial charge in [0.05, 0.1) is 11.6 Å². The zero-order valence-corrected chi connectivity index (χ0v) is 16.0. The molecule has 1 aromatic carbocycles. The predicted molar refractivity (Wildman–Crippen MR) is 105 cm³/mol. The molecule has 0 saturated carbocycles. The zero-order chi connectivity index (χ0) is 19.1. The summed E-state index contributed by atoms with van der Waals surface area (Å²) in [4.78, 5) is 11.8. The molecule has 5 nitrogen and oxygen atoms in total. The number of benzene rings is 1. The van der Waals surface area contributed by atoms with E-state index in [1.165, 1.54) is 17.7 Å². The predicted octanol–water partition coefficient (Wildman–Crippen LogP) is 1.73. The molecule has 5 rings (SSSR count). The summed E-state index contributed by atoms with van der Waals surface area (Å²) in [6, 6.07) is 11.4. The molecule has 1 N–H and O–H groups in total. The van der Waals surface area contributed by atoms with Gasteiger partial charge in [-0.1, -0.05) is 18.2 Å². The van der Waals surface area contributed by atoms with Crippen molar-refractivity contribution in [3.05, 3.63) is 65.7 Å². The van der Waals surface area contributed by atoms with Gasteiger partial charge in [-0.25, -0.2) is 4.39 Å². The maximum Gasteiger partial charge on any atom is 0.123 e. The number of β-amino-alcohol motifs (C(OH)–C–C–N with tert-alkyl or cyclic N) is 1. The fraction of sp³-hybridized carbons (Fsp3) is 0.500. The number of hydrogen-bond acceptors (Lipinski definition) is 5. The van der Waals surface area contributed by atoms with Crippen molar-refractivity contribution in [1.29, 1.82) is 0 Å². The van der Waals surface area contributed by atoms with E-state index < -0.39 is 0 Å². The van der Waals surface area contributed by atoms with E-state index in [1.54, 1.807) is 0 Å². The Hall–Kier alpha value is -1.86. The number of hydrogen-bond donors (Lipinski definition) is 1. The number of halogens is 1. The molecule has 1 aromatic heterocycles. The lowest BCUT2D eigenvalue weighted by Gasteiger charge is -2.61. The van der Waals surface area contributed by atoms with Crippen LogP contribution in [0, 0.1) is 5.82 Å². The van der Waals surface area contributed by atoms with Crippen molar-refractivity contribution in [3.8, 4) is 0 Å². The Labute approximate surface area is 165 Å². The summed E-state index contributed by atoms with van der Waals surface area (Å²) in [7, 11) is 0. The number of piperazine rings is 1. The lowest BCUT2D eigenvalue weighted by molar-refractivity contribution is -0.118. The van der Waals surface area contributed by atoms with Gasteiger partial charge < -0.3 is 5.11 Å². The van der Waals surface area contributed by atoms with Gasteiger partial charge >= 0.3 is 0 Å². The fourth-order valence-corrected chi connectivity index (χ4v) is 5.41. The van der Waals surface area contributed by atoms with Crippen molar-refractivity contribution >= 4 is 0 Å². The highest BCUT2D eigenvalue weighted by molar-refractivity contribution is 5.19. The van der Waals surface area contributed by atoms with Crippen molar-refractivity contribution in [1.82, 2.24) is 19.7 Å².